The van der Waals surface area contributed by atoms with E-state index in [2.05, 4.69) is 79.9 Å². The fourth-order valence-corrected chi connectivity index (χ4v) is 13.8. The second kappa shape index (κ2) is 62.5. The first-order valence-corrected chi connectivity index (χ1v) is 41.0. The van der Waals surface area contributed by atoms with Crippen molar-refractivity contribution in [3.05, 3.63) is 60.8 Å². The highest BCUT2D eigenvalue weighted by Crippen LogP contribution is 2.33. The summed E-state index contributed by atoms with van der Waals surface area (Å²) < 4.78 is 34.5. The maximum absolute atomic E-state index is 13.5. The Morgan fingerprint density at radius 3 is 1.07 bits per heavy atom. The Bertz CT molecular complexity index is 2060. The lowest BCUT2D eigenvalue weighted by Gasteiger charge is -2.48. The molecule has 590 valence electrons. The van der Waals surface area contributed by atoms with Crippen LogP contribution in [-0.2, 0) is 33.2 Å². The standard InChI is InChI=1S/C82H149NO18/c1-3-5-7-9-11-13-15-17-19-21-23-25-27-28-29-30-31-32-33-34-35-36-38-39-41-43-45-47-49-51-53-55-57-59-66(87)65(83-70(88)60-58-56-54-52-50-48-46-44-42-40-37-26-24-22-20-18-16-14-12-10-8-6-4-2)64-96-80-76(94)73(91)78(68(62-85)98-80)101-82-77(95)74(92)79(69(63-86)99-82)100-81-75(93)72(90)71(89)67(61-84)97-81/h6,8,12,14,18,20,24,26,40,42,65-69,71-82,84-87,89-95H,3-5,7,9-11,13,15-17,19,21-23,25,27-39,41,43-64H2,1-2H3,(H,83,88)/b8-6-,14-12-,20-18-,26-24-,42-40-. The summed E-state index contributed by atoms with van der Waals surface area (Å²) in [5.74, 6) is -0.252. The summed E-state index contributed by atoms with van der Waals surface area (Å²) in [6.45, 7) is 1.72. The smallest absolute Gasteiger partial charge is 0.220 e. The van der Waals surface area contributed by atoms with Gasteiger partial charge in [0.1, 0.15) is 73.2 Å². The van der Waals surface area contributed by atoms with Gasteiger partial charge in [0, 0.05) is 6.42 Å². The number of ether oxygens (including phenoxy) is 6. The summed E-state index contributed by atoms with van der Waals surface area (Å²) in [4.78, 5) is 13.5. The van der Waals surface area contributed by atoms with Gasteiger partial charge in [-0.15, -0.1) is 0 Å². The molecule has 3 fully saturated rings. The third-order valence-electron chi connectivity index (χ3n) is 20.4. The molecule has 3 heterocycles. The number of nitrogens with one attached hydrogen (secondary N) is 1. The van der Waals surface area contributed by atoms with Crippen LogP contribution >= 0.6 is 0 Å². The van der Waals surface area contributed by atoms with Crippen LogP contribution in [0.2, 0.25) is 0 Å². The molecule has 0 aromatic rings. The predicted octanol–water partition coefficient (Wildman–Crippen LogP) is 13.8. The number of rotatable bonds is 65. The average Bonchev–Trinajstić information content (AvgIpc) is 0.782. The molecule has 19 nitrogen and oxygen atoms in total. The second-order valence-electron chi connectivity index (χ2n) is 29.2. The van der Waals surface area contributed by atoms with Gasteiger partial charge >= 0.3 is 0 Å². The van der Waals surface area contributed by atoms with E-state index in [1.807, 2.05) is 0 Å². The highest BCUT2D eigenvalue weighted by atomic mass is 16.8. The number of amides is 1. The van der Waals surface area contributed by atoms with E-state index in [4.69, 9.17) is 28.4 Å². The number of unbranched alkanes of at least 4 members (excludes halogenated alkanes) is 39. The average molecular weight is 1440 g/mol. The molecule has 3 aliphatic heterocycles. The second-order valence-corrected chi connectivity index (χ2v) is 29.2. The fraction of sp³-hybridized carbons (Fsp3) is 0.866. The molecule has 17 unspecified atom stereocenters. The van der Waals surface area contributed by atoms with E-state index < -0.39 is 124 Å². The largest absolute Gasteiger partial charge is 0.394 e. The SMILES string of the molecule is CC/C=C\C/C=C\C/C=C\C/C=C\C/C=C\CCCCCCCCCC(=O)NC(COC1OC(CO)C(OC2OC(CO)C(OC3OC(CO)C(O)C(O)C3O)C(O)C2O)C(O)C1O)C(O)CCCCCCCCCCCCCCCCCCCCCCCCCCCCCCCCCCC. The summed E-state index contributed by atoms with van der Waals surface area (Å²) in [5, 5.41) is 121. The molecule has 0 bridgehead atoms. The molecule has 3 saturated heterocycles. The summed E-state index contributed by atoms with van der Waals surface area (Å²) in [7, 11) is 0. The van der Waals surface area contributed by atoms with Crippen LogP contribution in [0, 0.1) is 0 Å². The van der Waals surface area contributed by atoms with Crippen molar-refractivity contribution in [3.63, 3.8) is 0 Å². The Kier molecular flexibility index (Phi) is 57.4. The Morgan fingerprint density at radius 1 is 0.366 bits per heavy atom. The Labute approximate surface area is 611 Å². The number of hydrogen-bond donors (Lipinski definition) is 12. The molecule has 12 N–H and O–H groups in total. The summed E-state index contributed by atoms with van der Waals surface area (Å²) >= 11 is 0. The zero-order chi connectivity index (χ0) is 73.2. The first-order chi connectivity index (χ1) is 49.3. The minimum atomic E-state index is -1.98. The number of aliphatic hydroxyl groups is 11. The Balaban J connectivity index is 1.35. The first-order valence-electron chi connectivity index (χ1n) is 41.0. The van der Waals surface area contributed by atoms with Crippen LogP contribution in [0.5, 0.6) is 0 Å². The molecule has 3 aliphatic rings. The van der Waals surface area contributed by atoms with Crippen LogP contribution in [0.15, 0.2) is 60.8 Å². The van der Waals surface area contributed by atoms with Crippen LogP contribution < -0.4 is 5.32 Å². The molecule has 0 aliphatic carbocycles. The van der Waals surface area contributed by atoms with Crippen molar-refractivity contribution in [1.82, 2.24) is 5.32 Å². The van der Waals surface area contributed by atoms with Gasteiger partial charge in [0.05, 0.1) is 38.6 Å². The van der Waals surface area contributed by atoms with Gasteiger partial charge < -0.3 is 89.9 Å². The third kappa shape index (κ3) is 42.6. The fourth-order valence-electron chi connectivity index (χ4n) is 13.8. The van der Waals surface area contributed by atoms with Gasteiger partial charge in [-0.1, -0.05) is 319 Å². The van der Waals surface area contributed by atoms with Gasteiger partial charge in [0.15, 0.2) is 18.9 Å². The molecule has 0 aromatic carbocycles. The van der Waals surface area contributed by atoms with Crippen molar-refractivity contribution in [2.45, 2.75) is 426 Å². The van der Waals surface area contributed by atoms with Gasteiger partial charge in [0.2, 0.25) is 5.91 Å². The summed E-state index contributed by atoms with van der Waals surface area (Å²) in [5.41, 5.74) is 0. The van der Waals surface area contributed by atoms with Gasteiger partial charge in [-0.2, -0.15) is 0 Å². The lowest BCUT2D eigenvalue weighted by atomic mass is 9.96. The van der Waals surface area contributed by atoms with E-state index in [0.29, 0.717) is 12.8 Å². The van der Waals surface area contributed by atoms with Crippen molar-refractivity contribution >= 4 is 5.91 Å². The molecule has 0 radical (unpaired) electrons. The predicted molar refractivity (Wildman–Crippen MR) is 402 cm³/mol. The van der Waals surface area contributed by atoms with Crippen LogP contribution in [0.25, 0.3) is 0 Å². The lowest BCUT2D eigenvalue weighted by Crippen LogP contribution is -2.66. The van der Waals surface area contributed by atoms with Crippen molar-refractivity contribution in [1.29, 1.82) is 0 Å². The van der Waals surface area contributed by atoms with E-state index in [1.165, 1.54) is 186 Å². The highest BCUT2D eigenvalue weighted by Gasteiger charge is 2.54. The van der Waals surface area contributed by atoms with Crippen molar-refractivity contribution in [2.24, 2.45) is 0 Å². The van der Waals surface area contributed by atoms with E-state index >= 15 is 0 Å². The lowest BCUT2D eigenvalue weighted by molar-refractivity contribution is -0.379. The Hall–Kier alpha value is -2.51. The monoisotopic (exact) mass is 1440 g/mol. The maximum Gasteiger partial charge on any atom is 0.220 e. The van der Waals surface area contributed by atoms with Crippen LogP contribution in [-0.4, -0.2) is 193 Å². The van der Waals surface area contributed by atoms with Gasteiger partial charge in [-0.25, -0.2) is 0 Å². The zero-order valence-corrected chi connectivity index (χ0v) is 63.1. The first kappa shape index (κ1) is 92.7. The Morgan fingerprint density at radius 2 is 0.683 bits per heavy atom. The van der Waals surface area contributed by atoms with E-state index in [9.17, 15) is 61.0 Å². The number of aliphatic hydroxyl groups excluding tert-OH is 11. The normalized spacial score (nSPS) is 26.6. The molecule has 1 amide bonds. The number of carbonyl (C=O) groups is 1. The van der Waals surface area contributed by atoms with Gasteiger partial charge in [-0.05, 0) is 57.8 Å². The third-order valence-corrected chi connectivity index (χ3v) is 20.4. The van der Waals surface area contributed by atoms with E-state index in [1.54, 1.807) is 0 Å². The molecular formula is C82H149NO18. The summed E-state index contributed by atoms with van der Waals surface area (Å²) in [6.07, 6.45) is 53.1. The molecule has 0 saturated carbocycles. The number of hydrogen-bond acceptors (Lipinski definition) is 18. The minimum Gasteiger partial charge on any atom is -0.394 e. The molecule has 19 heteroatoms. The van der Waals surface area contributed by atoms with Crippen molar-refractivity contribution in [2.75, 3.05) is 26.4 Å². The van der Waals surface area contributed by atoms with Crippen LogP contribution in [0.1, 0.15) is 322 Å². The topological polar surface area (TPSA) is 307 Å². The highest BCUT2D eigenvalue weighted by molar-refractivity contribution is 5.76. The summed E-state index contributed by atoms with van der Waals surface area (Å²) in [6, 6.07) is -0.899. The van der Waals surface area contributed by atoms with Crippen LogP contribution in [0.4, 0.5) is 0 Å². The van der Waals surface area contributed by atoms with Crippen molar-refractivity contribution < 1.29 is 89.4 Å². The quantitative estimate of drug-likeness (QED) is 0.0199. The molecule has 0 spiro atoms. The maximum atomic E-state index is 13.5. The van der Waals surface area contributed by atoms with Crippen molar-refractivity contribution in [3.8, 4) is 0 Å². The van der Waals surface area contributed by atoms with E-state index in [0.717, 1.165) is 103 Å². The number of allylic oxidation sites excluding steroid dienone is 10. The molecule has 17 atom stereocenters. The van der Waals surface area contributed by atoms with Gasteiger partial charge in [0.25, 0.3) is 0 Å². The number of carbonyl (C=O) groups excluding carboxylic acids is 1. The molecule has 101 heavy (non-hydrogen) atoms. The van der Waals surface area contributed by atoms with E-state index in [-0.39, 0.29) is 18.9 Å². The van der Waals surface area contributed by atoms with Crippen LogP contribution in [0.3, 0.4) is 0 Å². The molecule has 0 aromatic heterocycles. The molecule has 3 rings (SSSR count). The zero-order valence-electron chi connectivity index (χ0n) is 63.1. The molecular weight excluding hydrogens is 1290 g/mol. The van der Waals surface area contributed by atoms with Gasteiger partial charge in [-0.3, -0.25) is 4.79 Å². The minimum absolute atomic E-state index is 0.251.